The summed E-state index contributed by atoms with van der Waals surface area (Å²) >= 11 is 6.10. The number of halogens is 1. The number of amides is 1. The minimum atomic E-state index is -0.177. The zero-order chi connectivity index (χ0) is 18.6. The van der Waals surface area contributed by atoms with Gasteiger partial charge in [-0.1, -0.05) is 41.9 Å². The molecule has 1 fully saturated rings. The summed E-state index contributed by atoms with van der Waals surface area (Å²) in [5, 5.41) is 4.80. The van der Waals surface area contributed by atoms with Crippen LogP contribution in [0.1, 0.15) is 27.6 Å². The molecule has 1 aromatic heterocycles. The maximum Gasteiger partial charge on any atom is 0.254 e. The van der Waals surface area contributed by atoms with E-state index in [1.54, 1.807) is 11.0 Å². The number of morpholine rings is 1. The van der Waals surface area contributed by atoms with Crippen LogP contribution in [0, 0.1) is 0 Å². The molecule has 1 saturated heterocycles. The molecule has 7 heteroatoms. The summed E-state index contributed by atoms with van der Waals surface area (Å²) in [6.07, 6.45) is 2.96. The molecule has 27 heavy (non-hydrogen) atoms. The van der Waals surface area contributed by atoms with Crippen molar-refractivity contribution in [3.8, 4) is 0 Å². The molecule has 0 saturated carbocycles. The van der Waals surface area contributed by atoms with Crippen molar-refractivity contribution in [3.05, 3.63) is 82.9 Å². The number of aromatic nitrogens is 3. The van der Waals surface area contributed by atoms with Gasteiger partial charge in [0.15, 0.2) is 0 Å². The van der Waals surface area contributed by atoms with Crippen molar-refractivity contribution < 1.29 is 9.53 Å². The molecule has 2 heterocycles. The number of carbonyl (C=O) groups is 1. The predicted molar refractivity (Wildman–Crippen MR) is 102 cm³/mol. The van der Waals surface area contributed by atoms with Crippen LogP contribution in [-0.2, 0) is 11.3 Å². The Morgan fingerprint density at radius 2 is 2.11 bits per heavy atom. The van der Waals surface area contributed by atoms with Crippen molar-refractivity contribution in [3.63, 3.8) is 0 Å². The Morgan fingerprint density at radius 1 is 1.22 bits per heavy atom. The van der Waals surface area contributed by atoms with Crippen molar-refractivity contribution in [1.29, 1.82) is 0 Å². The molecule has 0 radical (unpaired) electrons. The number of ether oxygens (including phenoxy) is 1. The van der Waals surface area contributed by atoms with E-state index in [0.29, 0.717) is 36.8 Å². The molecular weight excluding hydrogens is 364 g/mol. The quantitative estimate of drug-likeness (QED) is 0.695. The number of carbonyl (C=O) groups excluding carboxylic acids is 1. The highest BCUT2D eigenvalue weighted by Gasteiger charge is 2.27. The minimum Gasteiger partial charge on any atom is -0.370 e. The van der Waals surface area contributed by atoms with E-state index in [1.165, 1.54) is 6.33 Å². The SMILES string of the molecule is O=C(c1ccccc1Cn1cncn1)N1CCOC(c2cccc(Cl)c2)C1. The van der Waals surface area contributed by atoms with Crippen LogP contribution in [0.15, 0.2) is 61.2 Å². The van der Waals surface area contributed by atoms with Gasteiger partial charge in [0, 0.05) is 17.1 Å². The lowest BCUT2D eigenvalue weighted by Gasteiger charge is -2.33. The van der Waals surface area contributed by atoms with Crippen molar-refractivity contribution >= 4 is 17.5 Å². The summed E-state index contributed by atoms with van der Waals surface area (Å²) in [5.74, 6) is 0.000966. The highest BCUT2D eigenvalue weighted by molar-refractivity contribution is 6.30. The van der Waals surface area contributed by atoms with Crippen LogP contribution in [0.4, 0.5) is 0 Å². The summed E-state index contributed by atoms with van der Waals surface area (Å²) in [4.78, 5) is 19.0. The second-order valence-electron chi connectivity index (χ2n) is 6.42. The second-order valence-corrected chi connectivity index (χ2v) is 6.85. The van der Waals surface area contributed by atoms with Crippen molar-refractivity contribution in [2.75, 3.05) is 19.7 Å². The van der Waals surface area contributed by atoms with Gasteiger partial charge in [-0.15, -0.1) is 0 Å². The van der Waals surface area contributed by atoms with Gasteiger partial charge >= 0.3 is 0 Å². The fraction of sp³-hybridized carbons (Fsp3) is 0.250. The monoisotopic (exact) mass is 382 g/mol. The molecule has 1 aliphatic heterocycles. The molecule has 0 N–H and O–H groups in total. The van der Waals surface area contributed by atoms with E-state index in [0.717, 1.165) is 11.1 Å². The van der Waals surface area contributed by atoms with E-state index >= 15 is 0 Å². The number of nitrogens with zero attached hydrogens (tertiary/aromatic N) is 4. The molecule has 0 aliphatic carbocycles. The second kappa shape index (κ2) is 7.90. The van der Waals surface area contributed by atoms with E-state index in [1.807, 2.05) is 53.4 Å². The van der Waals surface area contributed by atoms with E-state index in [9.17, 15) is 4.79 Å². The van der Waals surface area contributed by atoms with Gasteiger partial charge in [-0.25, -0.2) is 9.67 Å². The molecule has 3 aromatic rings. The third kappa shape index (κ3) is 4.02. The molecule has 2 aromatic carbocycles. The van der Waals surface area contributed by atoms with Crippen LogP contribution in [-0.4, -0.2) is 45.3 Å². The molecule has 6 nitrogen and oxygen atoms in total. The normalized spacial score (nSPS) is 17.1. The van der Waals surface area contributed by atoms with E-state index in [4.69, 9.17) is 16.3 Å². The predicted octanol–water partition coefficient (Wildman–Crippen LogP) is 3.19. The summed E-state index contributed by atoms with van der Waals surface area (Å²) in [6.45, 7) is 2.06. The van der Waals surface area contributed by atoms with Crippen LogP contribution < -0.4 is 0 Å². The van der Waals surface area contributed by atoms with Gasteiger partial charge in [0.2, 0.25) is 0 Å². The summed E-state index contributed by atoms with van der Waals surface area (Å²) in [5.41, 5.74) is 2.58. The third-order valence-corrected chi connectivity index (χ3v) is 4.86. The standard InChI is InChI=1S/C20H19ClN4O2/c21-17-6-3-5-15(10-17)19-12-24(8-9-27-19)20(26)18-7-2-1-4-16(18)11-25-14-22-13-23-25/h1-7,10,13-14,19H,8-9,11-12H2. The van der Waals surface area contributed by atoms with Gasteiger partial charge in [-0.3, -0.25) is 4.79 Å². The highest BCUT2D eigenvalue weighted by atomic mass is 35.5. The van der Waals surface area contributed by atoms with Gasteiger partial charge < -0.3 is 9.64 Å². The largest absolute Gasteiger partial charge is 0.370 e. The average molecular weight is 383 g/mol. The van der Waals surface area contributed by atoms with E-state index in [2.05, 4.69) is 10.1 Å². The van der Waals surface area contributed by atoms with E-state index in [-0.39, 0.29) is 12.0 Å². The zero-order valence-electron chi connectivity index (χ0n) is 14.7. The lowest BCUT2D eigenvalue weighted by atomic mass is 10.0. The maximum atomic E-state index is 13.2. The lowest BCUT2D eigenvalue weighted by molar-refractivity contribution is -0.0228. The van der Waals surface area contributed by atoms with Crippen molar-refractivity contribution in [2.24, 2.45) is 0 Å². The molecule has 0 spiro atoms. The Balaban J connectivity index is 1.54. The fourth-order valence-electron chi connectivity index (χ4n) is 3.27. The first kappa shape index (κ1) is 17.7. The summed E-state index contributed by atoms with van der Waals surface area (Å²) < 4.78 is 7.58. The number of hydrogen-bond acceptors (Lipinski definition) is 4. The minimum absolute atomic E-state index is 0.000966. The third-order valence-electron chi connectivity index (χ3n) is 4.62. The first-order valence-electron chi connectivity index (χ1n) is 8.77. The topological polar surface area (TPSA) is 60.2 Å². The molecular formula is C20H19ClN4O2. The van der Waals surface area contributed by atoms with Gasteiger partial charge in [0.1, 0.15) is 18.8 Å². The summed E-state index contributed by atoms with van der Waals surface area (Å²) in [6, 6.07) is 15.2. The Labute approximate surface area is 162 Å². The van der Waals surface area contributed by atoms with Gasteiger partial charge in [-0.2, -0.15) is 5.10 Å². The van der Waals surface area contributed by atoms with Crippen molar-refractivity contribution in [1.82, 2.24) is 19.7 Å². The number of rotatable bonds is 4. The number of hydrogen-bond donors (Lipinski definition) is 0. The van der Waals surface area contributed by atoms with Crippen LogP contribution in [0.5, 0.6) is 0 Å². The zero-order valence-corrected chi connectivity index (χ0v) is 15.4. The maximum absolute atomic E-state index is 13.2. The lowest BCUT2D eigenvalue weighted by Crippen LogP contribution is -2.42. The molecule has 0 bridgehead atoms. The Morgan fingerprint density at radius 3 is 2.93 bits per heavy atom. The highest BCUT2D eigenvalue weighted by Crippen LogP contribution is 2.26. The molecule has 4 rings (SSSR count). The van der Waals surface area contributed by atoms with Gasteiger partial charge in [0.25, 0.3) is 5.91 Å². The van der Waals surface area contributed by atoms with E-state index < -0.39 is 0 Å². The first-order valence-corrected chi connectivity index (χ1v) is 9.15. The number of benzene rings is 2. The molecule has 1 unspecified atom stereocenters. The first-order chi connectivity index (χ1) is 13.2. The molecule has 1 atom stereocenters. The Kier molecular flexibility index (Phi) is 5.18. The van der Waals surface area contributed by atoms with Gasteiger partial charge in [0.05, 0.1) is 19.7 Å². The summed E-state index contributed by atoms with van der Waals surface area (Å²) in [7, 11) is 0. The van der Waals surface area contributed by atoms with Crippen LogP contribution in [0.25, 0.3) is 0 Å². The van der Waals surface area contributed by atoms with Crippen molar-refractivity contribution in [2.45, 2.75) is 12.6 Å². The average Bonchev–Trinajstić information content (AvgIpc) is 3.21. The molecule has 1 amide bonds. The molecule has 138 valence electrons. The van der Waals surface area contributed by atoms with Crippen LogP contribution >= 0.6 is 11.6 Å². The smallest absolute Gasteiger partial charge is 0.254 e. The molecule has 1 aliphatic rings. The van der Waals surface area contributed by atoms with Crippen LogP contribution in [0.2, 0.25) is 5.02 Å². The van der Waals surface area contributed by atoms with Gasteiger partial charge in [-0.05, 0) is 29.3 Å². The Hall–Kier alpha value is -2.70. The van der Waals surface area contributed by atoms with Crippen LogP contribution in [0.3, 0.4) is 0 Å². The Bertz CT molecular complexity index is 929. The fourth-order valence-corrected chi connectivity index (χ4v) is 3.47.